The summed E-state index contributed by atoms with van der Waals surface area (Å²) < 4.78 is 0. The maximum Gasteiger partial charge on any atom is 0.130 e. The Kier molecular flexibility index (Phi) is 5.46. The van der Waals surface area contributed by atoms with Crippen LogP contribution in [0, 0.1) is 0 Å². The summed E-state index contributed by atoms with van der Waals surface area (Å²) in [7, 11) is 4.37. The molecule has 5 nitrogen and oxygen atoms in total. The molecule has 2 N–H and O–H groups in total. The summed E-state index contributed by atoms with van der Waals surface area (Å²) in [6, 6.07) is 2.68. The molecule has 1 fully saturated rings. The van der Waals surface area contributed by atoms with Gasteiger partial charge in [-0.05, 0) is 26.6 Å². The number of likely N-dealkylation sites (N-methyl/N-ethyl adjacent to an activating group) is 2. The van der Waals surface area contributed by atoms with Gasteiger partial charge in [0.15, 0.2) is 0 Å². The molecule has 0 radical (unpaired) electrons. The van der Waals surface area contributed by atoms with Crippen LogP contribution in [0.3, 0.4) is 0 Å². The van der Waals surface area contributed by atoms with Crippen molar-refractivity contribution in [2.24, 2.45) is 5.73 Å². The SMILES string of the molecule is CCC(N)Cc1ccnc(CC2CN(C)CCN2C)n1. The summed E-state index contributed by atoms with van der Waals surface area (Å²) in [5, 5.41) is 0. The van der Waals surface area contributed by atoms with Crippen molar-refractivity contribution in [3.63, 3.8) is 0 Å². The van der Waals surface area contributed by atoms with E-state index in [4.69, 9.17) is 5.73 Å². The maximum absolute atomic E-state index is 6.00. The highest BCUT2D eigenvalue weighted by atomic mass is 15.3. The lowest BCUT2D eigenvalue weighted by Crippen LogP contribution is -2.51. The van der Waals surface area contributed by atoms with E-state index in [0.717, 1.165) is 50.4 Å². The van der Waals surface area contributed by atoms with Gasteiger partial charge >= 0.3 is 0 Å². The van der Waals surface area contributed by atoms with Gasteiger partial charge in [0.2, 0.25) is 0 Å². The Balaban J connectivity index is 2.00. The van der Waals surface area contributed by atoms with Gasteiger partial charge in [-0.15, -0.1) is 0 Å². The van der Waals surface area contributed by atoms with Crippen LogP contribution in [-0.4, -0.2) is 65.6 Å². The first-order valence-electron chi connectivity index (χ1n) is 7.53. The van der Waals surface area contributed by atoms with Crippen molar-refractivity contribution < 1.29 is 0 Å². The minimum absolute atomic E-state index is 0.196. The van der Waals surface area contributed by atoms with E-state index >= 15 is 0 Å². The second kappa shape index (κ2) is 7.11. The van der Waals surface area contributed by atoms with E-state index in [0.29, 0.717) is 6.04 Å². The Morgan fingerprint density at radius 3 is 2.95 bits per heavy atom. The van der Waals surface area contributed by atoms with Gasteiger partial charge in [-0.25, -0.2) is 9.97 Å². The van der Waals surface area contributed by atoms with Gasteiger partial charge in [-0.3, -0.25) is 0 Å². The molecule has 1 aromatic rings. The average Bonchev–Trinajstić information content (AvgIpc) is 2.43. The molecule has 0 spiro atoms. The molecule has 0 amide bonds. The lowest BCUT2D eigenvalue weighted by atomic mass is 10.1. The molecule has 1 aromatic heterocycles. The highest BCUT2D eigenvalue weighted by molar-refractivity contribution is 5.05. The molecule has 0 aliphatic carbocycles. The smallest absolute Gasteiger partial charge is 0.130 e. The zero-order chi connectivity index (χ0) is 14.5. The Labute approximate surface area is 122 Å². The normalized spacial score (nSPS) is 22.9. The van der Waals surface area contributed by atoms with Crippen LogP contribution in [-0.2, 0) is 12.8 Å². The first kappa shape index (κ1) is 15.4. The van der Waals surface area contributed by atoms with Crippen LogP contribution in [0.2, 0.25) is 0 Å². The van der Waals surface area contributed by atoms with E-state index in [1.165, 1.54) is 0 Å². The molecule has 2 atom stereocenters. The first-order chi connectivity index (χ1) is 9.58. The van der Waals surface area contributed by atoms with Gasteiger partial charge in [0.1, 0.15) is 5.82 Å². The van der Waals surface area contributed by atoms with Gasteiger partial charge < -0.3 is 15.5 Å². The van der Waals surface area contributed by atoms with E-state index in [2.05, 4.69) is 40.8 Å². The van der Waals surface area contributed by atoms with Gasteiger partial charge in [0.05, 0.1) is 0 Å². The standard InChI is InChI=1S/C15H27N5/c1-4-12(16)9-13-5-6-17-15(18-13)10-14-11-19(2)7-8-20(14)3/h5-6,12,14H,4,7-11,16H2,1-3H3. The number of nitrogens with zero attached hydrogens (tertiary/aromatic N) is 4. The highest BCUT2D eigenvalue weighted by Crippen LogP contribution is 2.11. The number of nitrogens with two attached hydrogens (primary N) is 1. The molecular weight excluding hydrogens is 250 g/mol. The first-order valence-corrected chi connectivity index (χ1v) is 7.53. The molecule has 5 heteroatoms. The molecule has 112 valence electrons. The third kappa shape index (κ3) is 4.23. The van der Waals surface area contributed by atoms with Gasteiger partial charge in [0, 0.05) is 56.5 Å². The lowest BCUT2D eigenvalue weighted by molar-refractivity contribution is 0.113. The molecular formula is C15H27N5. The predicted octanol–water partition coefficient (Wildman–Crippen LogP) is 0.545. The average molecular weight is 277 g/mol. The lowest BCUT2D eigenvalue weighted by Gasteiger charge is -2.37. The minimum Gasteiger partial charge on any atom is -0.327 e. The number of hydrogen-bond acceptors (Lipinski definition) is 5. The number of hydrogen-bond donors (Lipinski definition) is 1. The number of aromatic nitrogens is 2. The Hall–Kier alpha value is -1.04. The van der Waals surface area contributed by atoms with Gasteiger partial charge in [-0.1, -0.05) is 6.92 Å². The van der Waals surface area contributed by atoms with Crippen LogP contribution in [0.4, 0.5) is 0 Å². The maximum atomic E-state index is 6.00. The van der Waals surface area contributed by atoms with Crippen molar-refractivity contribution in [2.45, 2.75) is 38.3 Å². The monoisotopic (exact) mass is 277 g/mol. The Morgan fingerprint density at radius 1 is 1.40 bits per heavy atom. The van der Waals surface area contributed by atoms with Crippen molar-refractivity contribution in [3.05, 3.63) is 23.8 Å². The van der Waals surface area contributed by atoms with Gasteiger partial charge in [0.25, 0.3) is 0 Å². The second-order valence-corrected chi connectivity index (χ2v) is 5.94. The summed E-state index contributed by atoms with van der Waals surface area (Å²) in [6.07, 6.45) is 4.60. The Bertz CT molecular complexity index is 422. The highest BCUT2D eigenvalue weighted by Gasteiger charge is 2.23. The van der Waals surface area contributed by atoms with Crippen molar-refractivity contribution in [1.82, 2.24) is 19.8 Å². The molecule has 1 saturated heterocycles. The predicted molar refractivity (Wildman–Crippen MR) is 81.6 cm³/mol. The van der Waals surface area contributed by atoms with E-state index in [-0.39, 0.29) is 6.04 Å². The molecule has 0 bridgehead atoms. The van der Waals surface area contributed by atoms with Crippen LogP contribution in [0.5, 0.6) is 0 Å². The van der Waals surface area contributed by atoms with Crippen LogP contribution in [0.1, 0.15) is 24.9 Å². The van der Waals surface area contributed by atoms with Crippen LogP contribution < -0.4 is 5.73 Å². The zero-order valence-corrected chi connectivity index (χ0v) is 12.9. The minimum atomic E-state index is 0.196. The van der Waals surface area contributed by atoms with Crippen molar-refractivity contribution in [2.75, 3.05) is 33.7 Å². The Morgan fingerprint density at radius 2 is 2.20 bits per heavy atom. The summed E-state index contributed by atoms with van der Waals surface area (Å²) in [5.74, 6) is 0.943. The molecule has 0 aromatic carbocycles. The molecule has 2 heterocycles. The number of piperazine rings is 1. The third-order valence-corrected chi connectivity index (χ3v) is 4.16. The summed E-state index contributed by atoms with van der Waals surface area (Å²) in [4.78, 5) is 13.9. The van der Waals surface area contributed by atoms with E-state index in [1.54, 1.807) is 0 Å². The van der Waals surface area contributed by atoms with E-state index in [9.17, 15) is 0 Å². The van der Waals surface area contributed by atoms with Crippen LogP contribution in [0.25, 0.3) is 0 Å². The van der Waals surface area contributed by atoms with Crippen molar-refractivity contribution in [3.8, 4) is 0 Å². The largest absolute Gasteiger partial charge is 0.327 e. The van der Waals surface area contributed by atoms with Crippen LogP contribution >= 0.6 is 0 Å². The van der Waals surface area contributed by atoms with Gasteiger partial charge in [-0.2, -0.15) is 0 Å². The number of rotatable bonds is 5. The topological polar surface area (TPSA) is 58.3 Å². The molecule has 0 saturated carbocycles. The molecule has 1 aliphatic heterocycles. The van der Waals surface area contributed by atoms with Crippen LogP contribution in [0.15, 0.2) is 12.3 Å². The second-order valence-electron chi connectivity index (χ2n) is 5.94. The quantitative estimate of drug-likeness (QED) is 0.851. The fourth-order valence-corrected chi connectivity index (χ4v) is 2.60. The van der Waals surface area contributed by atoms with E-state index < -0.39 is 0 Å². The summed E-state index contributed by atoms with van der Waals surface area (Å²) >= 11 is 0. The molecule has 2 unspecified atom stereocenters. The third-order valence-electron chi connectivity index (χ3n) is 4.16. The fraction of sp³-hybridized carbons (Fsp3) is 0.733. The molecule has 1 aliphatic rings. The van der Waals surface area contributed by atoms with Crippen molar-refractivity contribution >= 4 is 0 Å². The molecule has 2 rings (SSSR count). The summed E-state index contributed by atoms with van der Waals surface area (Å²) in [5.41, 5.74) is 7.07. The molecule has 20 heavy (non-hydrogen) atoms. The van der Waals surface area contributed by atoms with Crippen molar-refractivity contribution in [1.29, 1.82) is 0 Å². The van der Waals surface area contributed by atoms with E-state index in [1.807, 2.05) is 12.3 Å². The summed E-state index contributed by atoms with van der Waals surface area (Å²) in [6.45, 7) is 5.44. The zero-order valence-electron chi connectivity index (χ0n) is 12.9. The fourth-order valence-electron chi connectivity index (χ4n) is 2.60.